The fourth-order valence-electron chi connectivity index (χ4n) is 3.35. The smallest absolute Gasteiger partial charge is 0.238 e. The zero-order valence-electron chi connectivity index (χ0n) is 17.1. The predicted molar refractivity (Wildman–Crippen MR) is 113 cm³/mol. The lowest BCUT2D eigenvalue weighted by Gasteiger charge is -2.20. The summed E-state index contributed by atoms with van der Waals surface area (Å²) in [7, 11) is 0. The van der Waals surface area contributed by atoms with E-state index in [0.717, 1.165) is 19.3 Å². The van der Waals surface area contributed by atoms with Gasteiger partial charge in [0.05, 0.1) is 12.5 Å². The lowest BCUT2D eigenvalue weighted by Crippen LogP contribution is -2.48. The Morgan fingerprint density at radius 1 is 1.04 bits per heavy atom. The van der Waals surface area contributed by atoms with Gasteiger partial charge in [0.15, 0.2) is 0 Å². The summed E-state index contributed by atoms with van der Waals surface area (Å²) in [6.45, 7) is 2.21. The SMILES string of the molecule is CCCCCCCCCCCC(NN)C(CC(=O)Nc1ccccc1)[N+](=O)[O-]. The van der Waals surface area contributed by atoms with Crippen LogP contribution in [0.15, 0.2) is 30.3 Å². The Labute approximate surface area is 168 Å². The summed E-state index contributed by atoms with van der Waals surface area (Å²) in [5.74, 6) is 5.19. The number of nitro groups is 1. The van der Waals surface area contributed by atoms with Crippen LogP contribution in [0.3, 0.4) is 0 Å². The van der Waals surface area contributed by atoms with Crippen LogP contribution >= 0.6 is 0 Å². The van der Waals surface area contributed by atoms with Crippen molar-refractivity contribution in [3.8, 4) is 0 Å². The predicted octanol–water partition coefficient (Wildman–Crippen LogP) is 4.41. The molecule has 4 N–H and O–H groups in total. The van der Waals surface area contributed by atoms with Crippen LogP contribution in [-0.2, 0) is 4.79 Å². The van der Waals surface area contributed by atoms with Crippen molar-refractivity contribution < 1.29 is 9.72 Å². The van der Waals surface area contributed by atoms with Gasteiger partial charge in [-0.05, 0) is 18.6 Å². The molecule has 2 atom stereocenters. The van der Waals surface area contributed by atoms with Crippen LogP contribution in [0, 0.1) is 10.1 Å². The molecule has 0 aliphatic carbocycles. The molecule has 0 aromatic heterocycles. The minimum atomic E-state index is -1.04. The molecule has 0 saturated carbocycles. The monoisotopic (exact) mass is 392 g/mol. The molecule has 0 radical (unpaired) electrons. The number of amides is 1. The number of carbonyl (C=O) groups excluding carboxylic acids is 1. The number of nitrogens with one attached hydrogen (secondary N) is 2. The van der Waals surface area contributed by atoms with Crippen LogP contribution < -0.4 is 16.6 Å². The first kappa shape index (κ1) is 24.0. The number of unbranched alkanes of at least 4 members (excludes halogenated alkanes) is 8. The van der Waals surface area contributed by atoms with Crippen molar-refractivity contribution in [3.05, 3.63) is 40.4 Å². The number of nitrogens with two attached hydrogens (primary N) is 1. The van der Waals surface area contributed by atoms with E-state index in [9.17, 15) is 14.9 Å². The molecular weight excluding hydrogens is 356 g/mol. The summed E-state index contributed by atoms with van der Waals surface area (Å²) >= 11 is 0. The summed E-state index contributed by atoms with van der Waals surface area (Å²) in [6, 6.07) is 7.39. The number of hydrogen-bond donors (Lipinski definition) is 3. The minimum absolute atomic E-state index is 0.200. The van der Waals surface area contributed by atoms with Crippen LogP contribution in [-0.4, -0.2) is 22.9 Å². The first-order valence-corrected chi connectivity index (χ1v) is 10.5. The van der Waals surface area contributed by atoms with E-state index < -0.39 is 17.0 Å². The highest BCUT2D eigenvalue weighted by atomic mass is 16.6. The first-order chi connectivity index (χ1) is 13.6. The van der Waals surface area contributed by atoms with Crippen molar-refractivity contribution in [1.82, 2.24) is 5.43 Å². The summed E-state index contributed by atoms with van der Waals surface area (Å²) in [6.07, 6.45) is 11.1. The molecule has 1 amide bonds. The standard InChI is InChI=1S/C21H36N4O3/c1-2-3-4-5-6-7-8-9-13-16-19(24-22)20(25(27)28)17-21(26)23-18-14-11-10-12-15-18/h10-12,14-15,19-20,24H,2-9,13,16-17,22H2,1H3,(H,23,26). The second kappa shape index (κ2) is 15.0. The number of nitrogens with zero attached hydrogens (tertiary/aromatic N) is 1. The molecular formula is C21H36N4O3. The van der Waals surface area contributed by atoms with E-state index in [4.69, 9.17) is 5.84 Å². The van der Waals surface area contributed by atoms with Crippen molar-refractivity contribution >= 4 is 11.6 Å². The number of para-hydroxylation sites is 1. The third-order valence-corrected chi connectivity index (χ3v) is 5.02. The molecule has 0 spiro atoms. The van der Waals surface area contributed by atoms with Gasteiger partial charge in [-0.1, -0.05) is 82.9 Å². The average Bonchev–Trinajstić information content (AvgIpc) is 2.69. The van der Waals surface area contributed by atoms with E-state index in [-0.39, 0.29) is 12.3 Å². The van der Waals surface area contributed by atoms with Gasteiger partial charge in [-0.3, -0.25) is 26.2 Å². The van der Waals surface area contributed by atoms with Gasteiger partial charge in [0.25, 0.3) is 0 Å². The van der Waals surface area contributed by atoms with E-state index in [2.05, 4.69) is 17.7 Å². The van der Waals surface area contributed by atoms with Crippen molar-refractivity contribution in [2.45, 2.75) is 89.6 Å². The van der Waals surface area contributed by atoms with Gasteiger partial charge in [0.1, 0.15) is 0 Å². The van der Waals surface area contributed by atoms with E-state index in [1.54, 1.807) is 24.3 Å². The topological polar surface area (TPSA) is 110 Å². The first-order valence-electron chi connectivity index (χ1n) is 10.5. The Morgan fingerprint density at radius 2 is 1.61 bits per heavy atom. The van der Waals surface area contributed by atoms with E-state index >= 15 is 0 Å². The van der Waals surface area contributed by atoms with Crippen LogP contribution in [0.5, 0.6) is 0 Å². The maximum absolute atomic E-state index is 12.2. The second-order valence-corrected chi connectivity index (χ2v) is 7.36. The molecule has 158 valence electrons. The summed E-state index contributed by atoms with van der Waals surface area (Å²) < 4.78 is 0. The molecule has 0 fully saturated rings. The van der Waals surface area contributed by atoms with Gasteiger partial charge in [-0.15, -0.1) is 0 Å². The number of carbonyl (C=O) groups is 1. The minimum Gasteiger partial charge on any atom is -0.326 e. The van der Waals surface area contributed by atoms with Crippen LogP contribution in [0.2, 0.25) is 0 Å². The maximum Gasteiger partial charge on any atom is 0.238 e. The molecule has 2 unspecified atom stereocenters. The van der Waals surface area contributed by atoms with Crippen molar-refractivity contribution in [2.75, 3.05) is 5.32 Å². The molecule has 1 rings (SSSR count). The van der Waals surface area contributed by atoms with Gasteiger partial charge in [-0.25, -0.2) is 0 Å². The van der Waals surface area contributed by atoms with E-state index in [1.807, 2.05) is 6.07 Å². The highest BCUT2D eigenvalue weighted by Crippen LogP contribution is 2.15. The summed E-state index contributed by atoms with van der Waals surface area (Å²) in [5.41, 5.74) is 3.19. The summed E-state index contributed by atoms with van der Waals surface area (Å²) in [5, 5.41) is 14.2. The van der Waals surface area contributed by atoms with E-state index in [0.29, 0.717) is 12.1 Å². The maximum atomic E-state index is 12.2. The van der Waals surface area contributed by atoms with Gasteiger partial charge >= 0.3 is 0 Å². The quantitative estimate of drug-likeness (QED) is 0.167. The number of hydrogen-bond acceptors (Lipinski definition) is 5. The van der Waals surface area contributed by atoms with Crippen LogP contribution in [0.25, 0.3) is 0 Å². The lowest BCUT2D eigenvalue weighted by molar-refractivity contribution is -0.526. The van der Waals surface area contributed by atoms with Crippen LogP contribution in [0.1, 0.15) is 77.6 Å². The fourth-order valence-corrected chi connectivity index (χ4v) is 3.35. The molecule has 0 bridgehead atoms. The Balaban J connectivity index is 2.34. The van der Waals surface area contributed by atoms with Crippen molar-refractivity contribution in [2.24, 2.45) is 5.84 Å². The molecule has 0 aliphatic heterocycles. The number of benzene rings is 1. The third kappa shape index (κ3) is 10.4. The number of rotatable bonds is 16. The molecule has 0 saturated heterocycles. The fraction of sp³-hybridized carbons (Fsp3) is 0.667. The Kier molecular flexibility index (Phi) is 12.9. The van der Waals surface area contributed by atoms with Gasteiger partial charge in [0, 0.05) is 10.6 Å². The Bertz CT molecular complexity index is 554. The summed E-state index contributed by atoms with van der Waals surface area (Å²) in [4.78, 5) is 23.3. The molecule has 7 heteroatoms. The molecule has 28 heavy (non-hydrogen) atoms. The number of hydrazine groups is 1. The highest BCUT2D eigenvalue weighted by Gasteiger charge is 2.32. The molecule has 0 heterocycles. The highest BCUT2D eigenvalue weighted by molar-refractivity contribution is 5.91. The molecule has 1 aromatic carbocycles. The molecule has 7 nitrogen and oxygen atoms in total. The van der Waals surface area contributed by atoms with Crippen molar-refractivity contribution in [1.29, 1.82) is 0 Å². The molecule has 1 aromatic rings. The third-order valence-electron chi connectivity index (χ3n) is 5.02. The Morgan fingerprint density at radius 3 is 2.14 bits per heavy atom. The van der Waals surface area contributed by atoms with Crippen molar-refractivity contribution in [3.63, 3.8) is 0 Å². The average molecular weight is 393 g/mol. The largest absolute Gasteiger partial charge is 0.326 e. The zero-order valence-corrected chi connectivity index (χ0v) is 17.1. The van der Waals surface area contributed by atoms with Crippen LogP contribution in [0.4, 0.5) is 5.69 Å². The molecule has 0 aliphatic rings. The van der Waals surface area contributed by atoms with Gasteiger partial charge in [0.2, 0.25) is 11.9 Å². The number of anilines is 1. The van der Waals surface area contributed by atoms with Gasteiger partial charge < -0.3 is 5.32 Å². The van der Waals surface area contributed by atoms with E-state index in [1.165, 1.54) is 38.5 Å². The lowest BCUT2D eigenvalue weighted by atomic mass is 9.98. The Hall–Kier alpha value is -1.99. The van der Waals surface area contributed by atoms with Gasteiger partial charge in [-0.2, -0.15) is 0 Å². The normalized spacial score (nSPS) is 13.1. The zero-order chi connectivity index (χ0) is 20.6. The second-order valence-electron chi connectivity index (χ2n) is 7.36.